The maximum atomic E-state index is 12.7. The van der Waals surface area contributed by atoms with Gasteiger partial charge in [-0.05, 0) is 44.2 Å². The molecule has 4 heterocycles. The molecule has 0 amide bonds. The number of aryl methyl sites for hydroxylation is 1. The minimum absolute atomic E-state index is 0.265. The molecule has 1 unspecified atom stereocenters. The van der Waals surface area contributed by atoms with Gasteiger partial charge in [0.1, 0.15) is 22.9 Å². The summed E-state index contributed by atoms with van der Waals surface area (Å²) in [6.45, 7) is 5.99. The quantitative estimate of drug-likeness (QED) is 0.505. The monoisotopic (exact) mass is 377 g/mol. The number of aromatic nitrogens is 1. The van der Waals surface area contributed by atoms with Crippen molar-refractivity contribution in [3.8, 4) is 5.75 Å². The van der Waals surface area contributed by atoms with Crippen LogP contribution in [0.25, 0.3) is 11.1 Å². The molecule has 2 aliphatic heterocycles. The zero-order valence-electron chi connectivity index (χ0n) is 16.1. The fourth-order valence-electron chi connectivity index (χ4n) is 3.98. The van der Waals surface area contributed by atoms with Crippen molar-refractivity contribution in [2.75, 3.05) is 38.1 Å². The number of ether oxygens (including phenoxy) is 1. The van der Waals surface area contributed by atoms with Crippen LogP contribution in [0, 0.1) is 6.92 Å². The normalized spacial score (nSPS) is 20.3. The summed E-state index contributed by atoms with van der Waals surface area (Å²) >= 11 is 0. The number of fused-ring (bicyclic) bond motifs is 2. The lowest BCUT2D eigenvalue weighted by Gasteiger charge is -2.34. The number of likely N-dealkylation sites (N-methyl/N-ethyl adjacent to an activating group) is 1. The van der Waals surface area contributed by atoms with Gasteiger partial charge in [0.2, 0.25) is 0 Å². The number of pyridine rings is 1. The lowest BCUT2D eigenvalue weighted by Crippen LogP contribution is -2.44. The van der Waals surface area contributed by atoms with Crippen LogP contribution in [0.2, 0.25) is 0 Å². The SMILES string of the molecule is Cc1ccc2oc(C3Cc4ccc(N5CCN(C)CC5)cc4OC3=O)cc2n1. The van der Waals surface area contributed by atoms with E-state index in [1.165, 1.54) is 0 Å². The summed E-state index contributed by atoms with van der Waals surface area (Å²) in [7, 11) is 2.14. The molecule has 0 radical (unpaired) electrons. The molecule has 0 aliphatic carbocycles. The van der Waals surface area contributed by atoms with Crippen LogP contribution in [0.4, 0.5) is 5.69 Å². The predicted molar refractivity (Wildman–Crippen MR) is 107 cm³/mol. The Morgan fingerprint density at radius 3 is 2.71 bits per heavy atom. The highest BCUT2D eigenvalue weighted by Gasteiger charge is 2.33. The third-order valence-corrected chi connectivity index (χ3v) is 5.71. The van der Waals surface area contributed by atoms with Gasteiger partial charge < -0.3 is 19.0 Å². The summed E-state index contributed by atoms with van der Waals surface area (Å²) in [6.07, 6.45) is 0.579. The predicted octanol–water partition coefficient (Wildman–Crippen LogP) is 3.13. The molecule has 2 aromatic heterocycles. The number of hydrogen-bond donors (Lipinski definition) is 0. The fourth-order valence-corrected chi connectivity index (χ4v) is 3.98. The highest BCUT2D eigenvalue weighted by atomic mass is 16.5. The van der Waals surface area contributed by atoms with Gasteiger partial charge in [-0.25, -0.2) is 4.98 Å². The molecule has 0 spiro atoms. The summed E-state index contributed by atoms with van der Waals surface area (Å²) < 4.78 is 11.6. The Balaban J connectivity index is 1.41. The number of piperazine rings is 1. The number of rotatable bonds is 2. The molecule has 144 valence electrons. The summed E-state index contributed by atoms with van der Waals surface area (Å²) in [5.74, 6) is 0.588. The third-order valence-electron chi connectivity index (χ3n) is 5.71. The van der Waals surface area contributed by atoms with E-state index in [-0.39, 0.29) is 5.97 Å². The van der Waals surface area contributed by atoms with Gasteiger partial charge >= 0.3 is 5.97 Å². The lowest BCUT2D eigenvalue weighted by atomic mass is 9.93. The van der Waals surface area contributed by atoms with E-state index in [2.05, 4.69) is 34.0 Å². The molecular weight excluding hydrogens is 354 g/mol. The number of benzene rings is 1. The molecule has 3 aromatic rings. The van der Waals surface area contributed by atoms with Crippen LogP contribution in [-0.2, 0) is 11.2 Å². The number of esters is 1. The summed E-state index contributed by atoms with van der Waals surface area (Å²) in [4.78, 5) is 21.8. The van der Waals surface area contributed by atoms with E-state index in [0.717, 1.165) is 48.6 Å². The van der Waals surface area contributed by atoms with E-state index in [1.807, 2.05) is 31.2 Å². The second kappa shape index (κ2) is 6.63. The fraction of sp³-hybridized carbons (Fsp3) is 0.364. The number of carbonyl (C=O) groups is 1. The standard InChI is InChI=1S/C22H23N3O3/c1-14-3-6-19-18(23-14)13-21(27-19)17-11-15-4-5-16(12-20(15)28-22(17)26)25-9-7-24(2)8-10-25/h3-6,12-13,17H,7-11H2,1-2H3. The molecule has 5 rings (SSSR count). The Hall–Kier alpha value is -2.86. The second-order valence-electron chi connectivity index (χ2n) is 7.74. The van der Waals surface area contributed by atoms with Crippen molar-refractivity contribution >= 4 is 22.8 Å². The lowest BCUT2D eigenvalue weighted by molar-refractivity contribution is -0.137. The van der Waals surface area contributed by atoms with Crippen LogP contribution in [0.3, 0.4) is 0 Å². The summed E-state index contributed by atoms with van der Waals surface area (Å²) in [5.41, 5.74) is 4.55. The first kappa shape index (κ1) is 17.3. The van der Waals surface area contributed by atoms with E-state index < -0.39 is 5.92 Å². The summed E-state index contributed by atoms with van der Waals surface area (Å²) in [6, 6.07) is 11.9. The van der Waals surface area contributed by atoms with E-state index in [0.29, 0.717) is 23.5 Å². The average molecular weight is 377 g/mol. The molecule has 28 heavy (non-hydrogen) atoms. The molecule has 2 aliphatic rings. The van der Waals surface area contributed by atoms with Gasteiger partial charge in [-0.3, -0.25) is 4.79 Å². The average Bonchev–Trinajstić information content (AvgIpc) is 3.10. The molecular formula is C22H23N3O3. The molecule has 0 bridgehead atoms. The van der Waals surface area contributed by atoms with E-state index in [4.69, 9.17) is 9.15 Å². The Morgan fingerprint density at radius 2 is 1.89 bits per heavy atom. The molecule has 1 saturated heterocycles. The molecule has 1 aromatic carbocycles. The maximum absolute atomic E-state index is 12.7. The number of anilines is 1. The molecule has 1 atom stereocenters. The molecule has 0 saturated carbocycles. The number of furan rings is 1. The highest BCUT2D eigenvalue weighted by Crippen LogP contribution is 2.37. The second-order valence-corrected chi connectivity index (χ2v) is 7.74. The van der Waals surface area contributed by atoms with Crippen LogP contribution >= 0.6 is 0 Å². The number of nitrogens with zero attached hydrogens (tertiary/aromatic N) is 3. The van der Waals surface area contributed by atoms with Gasteiger partial charge in [0.05, 0.1) is 0 Å². The molecule has 0 N–H and O–H groups in total. The van der Waals surface area contributed by atoms with Crippen molar-refractivity contribution in [1.82, 2.24) is 9.88 Å². The van der Waals surface area contributed by atoms with E-state index in [1.54, 1.807) is 0 Å². The van der Waals surface area contributed by atoms with Crippen molar-refractivity contribution in [3.63, 3.8) is 0 Å². The van der Waals surface area contributed by atoms with Gasteiger partial charge in [-0.1, -0.05) is 6.07 Å². The Bertz CT molecular complexity index is 1050. The molecule has 1 fully saturated rings. The molecule has 6 nitrogen and oxygen atoms in total. The Morgan fingerprint density at radius 1 is 1.07 bits per heavy atom. The van der Waals surface area contributed by atoms with E-state index >= 15 is 0 Å². The zero-order valence-corrected chi connectivity index (χ0v) is 16.1. The van der Waals surface area contributed by atoms with Crippen LogP contribution in [-0.4, -0.2) is 49.1 Å². The van der Waals surface area contributed by atoms with Gasteiger partial charge in [0.25, 0.3) is 0 Å². The summed E-state index contributed by atoms with van der Waals surface area (Å²) in [5, 5.41) is 0. The van der Waals surface area contributed by atoms with Gasteiger partial charge in [0.15, 0.2) is 5.58 Å². The smallest absolute Gasteiger partial charge is 0.322 e. The topological polar surface area (TPSA) is 58.8 Å². The van der Waals surface area contributed by atoms with Crippen molar-refractivity contribution in [3.05, 3.63) is 53.4 Å². The van der Waals surface area contributed by atoms with Gasteiger partial charge in [0, 0.05) is 49.7 Å². The van der Waals surface area contributed by atoms with Crippen LogP contribution in [0.5, 0.6) is 5.75 Å². The van der Waals surface area contributed by atoms with Crippen molar-refractivity contribution in [2.24, 2.45) is 0 Å². The van der Waals surface area contributed by atoms with Crippen LogP contribution < -0.4 is 9.64 Å². The van der Waals surface area contributed by atoms with Crippen molar-refractivity contribution < 1.29 is 13.9 Å². The minimum Gasteiger partial charge on any atom is -0.458 e. The highest BCUT2D eigenvalue weighted by molar-refractivity contribution is 5.85. The van der Waals surface area contributed by atoms with Gasteiger partial charge in [-0.2, -0.15) is 0 Å². The van der Waals surface area contributed by atoms with Gasteiger partial charge in [-0.15, -0.1) is 0 Å². The minimum atomic E-state index is -0.434. The largest absolute Gasteiger partial charge is 0.458 e. The third kappa shape index (κ3) is 3.03. The molecule has 6 heteroatoms. The first-order valence-corrected chi connectivity index (χ1v) is 9.72. The number of hydrogen-bond acceptors (Lipinski definition) is 6. The number of carbonyl (C=O) groups excluding carboxylic acids is 1. The van der Waals surface area contributed by atoms with Crippen molar-refractivity contribution in [2.45, 2.75) is 19.3 Å². The zero-order chi connectivity index (χ0) is 19.3. The van der Waals surface area contributed by atoms with E-state index in [9.17, 15) is 4.79 Å². The first-order valence-electron chi connectivity index (χ1n) is 9.72. The maximum Gasteiger partial charge on any atom is 0.322 e. The Labute approximate surface area is 163 Å². The Kier molecular flexibility index (Phi) is 4.09. The van der Waals surface area contributed by atoms with Crippen molar-refractivity contribution in [1.29, 1.82) is 0 Å². The van der Waals surface area contributed by atoms with Crippen LogP contribution in [0.1, 0.15) is 22.9 Å². The van der Waals surface area contributed by atoms with Crippen LogP contribution in [0.15, 0.2) is 40.8 Å². The first-order chi connectivity index (χ1) is 13.6.